The van der Waals surface area contributed by atoms with Gasteiger partial charge in [-0.2, -0.15) is 0 Å². The summed E-state index contributed by atoms with van der Waals surface area (Å²) in [5.74, 6) is -1.92. The Morgan fingerprint density at radius 3 is 2.10 bits per heavy atom. The van der Waals surface area contributed by atoms with E-state index in [1.54, 1.807) is 0 Å². The smallest absolute Gasteiger partial charge is 0.390 e. The Morgan fingerprint density at radius 2 is 1.48 bits per heavy atom. The molecule has 2 aromatic heterocycles. The van der Waals surface area contributed by atoms with E-state index in [1.807, 2.05) is 53.1 Å². The molecule has 3 aromatic carbocycles. The van der Waals surface area contributed by atoms with Crippen molar-refractivity contribution >= 4 is 27.7 Å². The number of carbonyl (C=O) groups excluding carboxylic acids is 1. The molecule has 0 unspecified atom stereocenters. The van der Waals surface area contributed by atoms with Crippen molar-refractivity contribution in [2.24, 2.45) is 0 Å². The second-order valence-corrected chi connectivity index (χ2v) is 6.61. The number of rotatable bonds is 3. The quantitative estimate of drug-likeness (QED) is 0.472. The van der Waals surface area contributed by atoms with Gasteiger partial charge in [-0.25, -0.2) is 9.18 Å². The Hall–Kier alpha value is -4.00. The molecule has 0 N–H and O–H groups in total. The molecule has 6 nitrogen and oxygen atoms in total. The number of carbonyl (C=O) groups is 1. The summed E-state index contributed by atoms with van der Waals surface area (Å²) in [5, 5.41) is 6.22. The van der Waals surface area contributed by atoms with E-state index in [0.717, 1.165) is 33.9 Å². The first-order chi connectivity index (χ1) is 14.1. The molecular formula is C22H14FN3O3. The van der Waals surface area contributed by atoms with Crippen LogP contribution in [0.4, 0.5) is 4.39 Å². The maximum atomic E-state index is 13.1. The lowest BCUT2D eigenvalue weighted by Gasteiger charge is -2.03. The molecule has 2 heterocycles. The van der Waals surface area contributed by atoms with Gasteiger partial charge in [-0.3, -0.25) is 4.79 Å². The fourth-order valence-electron chi connectivity index (χ4n) is 3.53. The van der Waals surface area contributed by atoms with E-state index in [1.165, 1.54) is 12.1 Å². The molecule has 0 saturated carbocycles. The average Bonchev–Trinajstić information content (AvgIpc) is 3.27. The normalized spacial score (nSPS) is 11.3. The SMILES string of the molecule is O=C(c1ccc(F)cc1)n1nc(Cn2c3ccccc3c3ccccc32)oc1=O. The molecule has 0 bridgehead atoms. The van der Waals surface area contributed by atoms with Gasteiger partial charge in [0.15, 0.2) is 0 Å². The first kappa shape index (κ1) is 17.1. The first-order valence-corrected chi connectivity index (χ1v) is 8.97. The summed E-state index contributed by atoms with van der Waals surface area (Å²) in [6.07, 6.45) is 0. The topological polar surface area (TPSA) is 70.0 Å². The lowest BCUT2D eigenvalue weighted by atomic mass is 10.2. The summed E-state index contributed by atoms with van der Waals surface area (Å²) >= 11 is 0. The molecule has 0 amide bonds. The molecule has 0 aliphatic heterocycles. The Morgan fingerprint density at radius 1 is 0.897 bits per heavy atom. The first-order valence-electron chi connectivity index (χ1n) is 8.97. The van der Waals surface area contributed by atoms with Crippen LogP contribution in [0.25, 0.3) is 21.8 Å². The Balaban J connectivity index is 1.57. The highest BCUT2D eigenvalue weighted by Crippen LogP contribution is 2.29. The van der Waals surface area contributed by atoms with Gasteiger partial charge in [0.25, 0.3) is 5.91 Å². The number of hydrogen-bond donors (Lipinski definition) is 0. The van der Waals surface area contributed by atoms with Crippen LogP contribution in [0.2, 0.25) is 0 Å². The van der Waals surface area contributed by atoms with Gasteiger partial charge in [0.2, 0.25) is 5.89 Å². The van der Waals surface area contributed by atoms with Gasteiger partial charge in [0.05, 0.1) is 0 Å². The van der Waals surface area contributed by atoms with Gasteiger partial charge in [-0.05, 0) is 36.4 Å². The molecule has 29 heavy (non-hydrogen) atoms. The number of para-hydroxylation sites is 2. The molecular weight excluding hydrogens is 373 g/mol. The summed E-state index contributed by atoms with van der Waals surface area (Å²) in [5.41, 5.74) is 2.08. The molecule has 0 fully saturated rings. The van der Waals surface area contributed by atoms with E-state index in [9.17, 15) is 14.0 Å². The van der Waals surface area contributed by atoms with Crippen molar-refractivity contribution in [1.82, 2.24) is 14.3 Å². The van der Waals surface area contributed by atoms with Crippen molar-refractivity contribution in [1.29, 1.82) is 0 Å². The minimum Gasteiger partial charge on any atom is -0.390 e. The van der Waals surface area contributed by atoms with E-state index in [0.29, 0.717) is 4.68 Å². The van der Waals surface area contributed by atoms with E-state index < -0.39 is 17.5 Å². The van der Waals surface area contributed by atoms with Gasteiger partial charge in [0, 0.05) is 27.4 Å². The van der Waals surface area contributed by atoms with Crippen LogP contribution in [0.1, 0.15) is 16.2 Å². The lowest BCUT2D eigenvalue weighted by molar-refractivity contribution is 0.0937. The van der Waals surface area contributed by atoms with Crippen LogP contribution in [-0.4, -0.2) is 20.3 Å². The van der Waals surface area contributed by atoms with E-state index in [-0.39, 0.29) is 18.0 Å². The van der Waals surface area contributed by atoms with Crippen molar-refractivity contribution < 1.29 is 13.6 Å². The largest absolute Gasteiger partial charge is 0.444 e. The number of aromatic nitrogens is 3. The second kappa shape index (κ2) is 6.56. The fourth-order valence-corrected chi connectivity index (χ4v) is 3.53. The van der Waals surface area contributed by atoms with Gasteiger partial charge < -0.3 is 8.98 Å². The van der Waals surface area contributed by atoms with Crippen molar-refractivity contribution in [3.8, 4) is 0 Å². The molecule has 0 aliphatic carbocycles. The summed E-state index contributed by atoms with van der Waals surface area (Å²) in [6.45, 7) is 0.187. The second-order valence-electron chi connectivity index (χ2n) is 6.61. The van der Waals surface area contributed by atoms with Gasteiger partial charge in [-0.15, -0.1) is 9.78 Å². The van der Waals surface area contributed by atoms with E-state index in [4.69, 9.17) is 4.42 Å². The highest BCUT2D eigenvalue weighted by Gasteiger charge is 2.19. The molecule has 0 spiro atoms. The van der Waals surface area contributed by atoms with Crippen LogP contribution >= 0.6 is 0 Å². The third-order valence-electron chi connectivity index (χ3n) is 4.85. The predicted octanol–water partition coefficient (Wildman–Crippen LogP) is 3.82. The number of fused-ring (bicyclic) bond motifs is 3. The van der Waals surface area contributed by atoms with Gasteiger partial charge >= 0.3 is 5.76 Å². The Labute approximate surface area is 163 Å². The van der Waals surface area contributed by atoms with Crippen LogP contribution in [0.5, 0.6) is 0 Å². The third kappa shape index (κ3) is 2.84. The zero-order valence-electron chi connectivity index (χ0n) is 15.1. The molecule has 0 saturated heterocycles. The highest BCUT2D eigenvalue weighted by atomic mass is 19.1. The van der Waals surface area contributed by atoms with Crippen molar-refractivity contribution in [2.45, 2.75) is 6.54 Å². The van der Waals surface area contributed by atoms with Crippen molar-refractivity contribution in [2.75, 3.05) is 0 Å². The third-order valence-corrected chi connectivity index (χ3v) is 4.85. The van der Waals surface area contributed by atoms with Crippen LogP contribution < -0.4 is 5.76 Å². The van der Waals surface area contributed by atoms with Crippen LogP contribution in [-0.2, 0) is 6.54 Å². The van der Waals surface area contributed by atoms with Crippen LogP contribution in [0, 0.1) is 5.82 Å². The summed E-state index contributed by atoms with van der Waals surface area (Å²) in [6, 6.07) is 20.7. The van der Waals surface area contributed by atoms with Crippen LogP contribution in [0.15, 0.2) is 82.0 Å². The van der Waals surface area contributed by atoms with E-state index in [2.05, 4.69) is 5.10 Å². The zero-order chi connectivity index (χ0) is 20.0. The van der Waals surface area contributed by atoms with E-state index >= 15 is 0 Å². The Kier molecular flexibility index (Phi) is 3.87. The molecule has 0 aliphatic rings. The fraction of sp³-hybridized carbons (Fsp3) is 0.0455. The van der Waals surface area contributed by atoms with Crippen molar-refractivity contribution in [3.63, 3.8) is 0 Å². The summed E-state index contributed by atoms with van der Waals surface area (Å²) in [7, 11) is 0. The number of benzene rings is 3. The molecule has 142 valence electrons. The Bertz CT molecular complexity index is 1370. The zero-order valence-corrected chi connectivity index (χ0v) is 15.1. The van der Waals surface area contributed by atoms with Crippen LogP contribution in [0.3, 0.4) is 0 Å². The lowest BCUT2D eigenvalue weighted by Crippen LogP contribution is -2.24. The average molecular weight is 387 g/mol. The maximum Gasteiger partial charge on any atom is 0.444 e. The maximum absolute atomic E-state index is 13.1. The highest BCUT2D eigenvalue weighted by molar-refractivity contribution is 6.08. The molecule has 5 rings (SSSR count). The number of nitrogens with zero attached hydrogens (tertiary/aromatic N) is 3. The molecule has 0 atom stereocenters. The molecule has 7 heteroatoms. The number of halogens is 1. The van der Waals surface area contributed by atoms with Gasteiger partial charge in [0.1, 0.15) is 12.4 Å². The predicted molar refractivity (Wildman–Crippen MR) is 105 cm³/mol. The summed E-state index contributed by atoms with van der Waals surface area (Å²) < 4.78 is 21.0. The monoisotopic (exact) mass is 387 g/mol. The molecule has 0 radical (unpaired) electrons. The van der Waals surface area contributed by atoms with Gasteiger partial charge in [-0.1, -0.05) is 36.4 Å². The number of hydrogen-bond acceptors (Lipinski definition) is 4. The molecule has 5 aromatic rings. The standard InChI is InChI=1S/C22H14FN3O3/c23-15-11-9-14(10-12-15)21(27)26-22(28)29-20(24-26)13-25-18-7-3-1-5-16(18)17-6-2-4-8-19(17)25/h1-12H,13H2. The minimum absolute atomic E-state index is 0.108. The summed E-state index contributed by atoms with van der Waals surface area (Å²) in [4.78, 5) is 24.7. The van der Waals surface area contributed by atoms with Crippen molar-refractivity contribution in [3.05, 3.63) is 101 Å². The minimum atomic E-state index is -0.880.